The van der Waals surface area contributed by atoms with Crippen LogP contribution in [0.2, 0.25) is 0 Å². The molecule has 2 heteroatoms. The molecule has 14 heavy (non-hydrogen) atoms. The molecule has 0 aliphatic heterocycles. The number of hydrogen-bond donors (Lipinski definition) is 1. The molecular formula is C12H17NO. The third kappa shape index (κ3) is 2.26. The standard InChI is InChI=1S/C12H17NO/c1-9-6-12(5-4-11(9)7-13)14-8-10-2-3-10/h4-6,10H,2-3,7-8,13H2,1H3. The van der Waals surface area contributed by atoms with E-state index in [1.807, 2.05) is 6.07 Å². The fraction of sp³-hybridized carbons (Fsp3) is 0.500. The van der Waals surface area contributed by atoms with Crippen molar-refractivity contribution in [3.05, 3.63) is 29.3 Å². The molecule has 0 bridgehead atoms. The van der Waals surface area contributed by atoms with E-state index in [0.29, 0.717) is 6.54 Å². The van der Waals surface area contributed by atoms with Gasteiger partial charge in [-0.15, -0.1) is 0 Å². The van der Waals surface area contributed by atoms with Crippen molar-refractivity contribution < 1.29 is 4.74 Å². The number of nitrogens with two attached hydrogens (primary N) is 1. The van der Waals surface area contributed by atoms with Crippen LogP contribution in [0.15, 0.2) is 18.2 Å². The highest BCUT2D eigenvalue weighted by molar-refractivity contribution is 5.34. The van der Waals surface area contributed by atoms with Crippen LogP contribution in [0.5, 0.6) is 5.75 Å². The van der Waals surface area contributed by atoms with E-state index >= 15 is 0 Å². The number of benzene rings is 1. The van der Waals surface area contributed by atoms with E-state index in [1.165, 1.54) is 24.0 Å². The molecular weight excluding hydrogens is 174 g/mol. The summed E-state index contributed by atoms with van der Waals surface area (Å²) in [5, 5.41) is 0. The molecule has 0 unspecified atom stereocenters. The predicted octanol–water partition coefficient (Wildman–Crippen LogP) is 2.24. The van der Waals surface area contributed by atoms with Crippen molar-refractivity contribution in [1.82, 2.24) is 0 Å². The lowest BCUT2D eigenvalue weighted by atomic mass is 10.1. The van der Waals surface area contributed by atoms with Crippen LogP contribution < -0.4 is 10.5 Å². The van der Waals surface area contributed by atoms with E-state index in [-0.39, 0.29) is 0 Å². The van der Waals surface area contributed by atoms with Crippen LogP contribution in [-0.2, 0) is 6.54 Å². The molecule has 2 nitrogen and oxygen atoms in total. The Morgan fingerprint density at radius 1 is 1.43 bits per heavy atom. The van der Waals surface area contributed by atoms with Crippen LogP contribution in [0, 0.1) is 12.8 Å². The highest BCUT2D eigenvalue weighted by Gasteiger charge is 2.21. The van der Waals surface area contributed by atoms with E-state index < -0.39 is 0 Å². The van der Waals surface area contributed by atoms with Crippen LogP contribution in [-0.4, -0.2) is 6.61 Å². The first-order chi connectivity index (χ1) is 6.79. The van der Waals surface area contributed by atoms with Crippen molar-refractivity contribution in [2.45, 2.75) is 26.3 Å². The van der Waals surface area contributed by atoms with Gasteiger partial charge >= 0.3 is 0 Å². The molecule has 1 aromatic rings. The average molecular weight is 191 g/mol. The Hall–Kier alpha value is -1.02. The fourth-order valence-electron chi connectivity index (χ4n) is 1.49. The van der Waals surface area contributed by atoms with Gasteiger partial charge in [0.25, 0.3) is 0 Å². The second-order valence-corrected chi connectivity index (χ2v) is 4.05. The third-order valence-electron chi connectivity index (χ3n) is 2.72. The second-order valence-electron chi connectivity index (χ2n) is 4.05. The maximum absolute atomic E-state index is 5.67. The molecule has 1 fully saturated rings. The van der Waals surface area contributed by atoms with E-state index in [0.717, 1.165) is 18.3 Å². The lowest BCUT2D eigenvalue weighted by molar-refractivity contribution is 0.299. The van der Waals surface area contributed by atoms with Gasteiger partial charge < -0.3 is 10.5 Å². The molecule has 0 amide bonds. The first kappa shape index (κ1) is 9.53. The summed E-state index contributed by atoms with van der Waals surface area (Å²) in [7, 11) is 0. The summed E-state index contributed by atoms with van der Waals surface area (Å²) in [5.74, 6) is 1.79. The van der Waals surface area contributed by atoms with Gasteiger partial charge in [-0.25, -0.2) is 0 Å². The second kappa shape index (κ2) is 4.01. The molecule has 2 N–H and O–H groups in total. The van der Waals surface area contributed by atoms with Crippen molar-refractivity contribution in [2.75, 3.05) is 6.61 Å². The van der Waals surface area contributed by atoms with Crippen molar-refractivity contribution in [3.63, 3.8) is 0 Å². The fourth-order valence-corrected chi connectivity index (χ4v) is 1.49. The average Bonchev–Trinajstić information content (AvgIpc) is 2.98. The van der Waals surface area contributed by atoms with Gasteiger partial charge in [0.15, 0.2) is 0 Å². The molecule has 1 aromatic carbocycles. The van der Waals surface area contributed by atoms with Crippen LogP contribution in [0.4, 0.5) is 0 Å². The Labute approximate surface area is 85.1 Å². The van der Waals surface area contributed by atoms with Crippen LogP contribution in [0.1, 0.15) is 24.0 Å². The van der Waals surface area contributed by atoms with Crippen molar-refractivity contribution in [3.8, 4) is 5.75 Å². The van der Waals surface area contributed by atoms with Crippen LogP contribution >= 0.6 is 0 Å². The molecule has 2 rings (SSSR count). The molecule has 76 valence electrons. The molecule has 0 radical (unpaired) electrons. The Balaban J connectivity index is 1.99. The first-order valence-corrected chi connectivity index (χ1v) is 5.22. The zero-order valence-electron chi connectivity index (χ0n) is 8.62. The summed E-state index contributed by atoms with van der Waals surface area (Å²) in [6, 6.07) is 6.14. The van der Waals surface area contributed by atoms with Gasteiger partial charge in [0.1, 0.15) is 5.75 Å². The summed E-state index contributed by atoms with van der Waals surface area (Å²) >= 11 is 0. The molecule has 1 aliphatic rings. The molecule has 0 atom stereocenters. The first-order valence-electron chi connectivity index (χ1n) is 5.22. The van der Waals surface area contributed by atoms with E-state index in [4.69, 9.17) is 10.5 Å². The molecule has 0 spiro atoms. The van der Waals surface area contributed by atoms with Gasteiger partial charge in [-0.05, 0) is 48.9 Å². The van der Waals surface area contributed by atoms with Crippen molar-refractivity contribution in [2.24, 2.45) is 11.7 Å². The molecule has 1 saturated carbocycles. The maximum atomic E-state index is 5.67. The van der Waals surface area contributed by atoms with Crippen molar-refractivity contribution in [1.29, 1.82) is 0 Å². The van der Waals surface area contributed by atoms with E-state index in [9.17, 15) is 0 Å². The van der Waals surface area contributed by atoms with Gasteiger partial charge in [0.05, 0.1) is 6.61 Å². The Kier molecular flexibility index (Phi) is 2.73. The minimum Gasteiger partial charge on any atom is -0.493 e. The monoisotopic (exact) mass is 191 g/mol. The van der Waals surface area contributed by atoms with E-state index in [2.05, 4.69) is 19.1 Å². The Morgan fingerprint density at radius 2 is 2.21 bits per heavy atom. The van der Waals surface area contributed by atoms with Gasteiger partial charge in [0.2, 0.25) is 0 Å². The van der Waals surface area contributed by atoms with Gasteiger partial charge in [-0.3, -0.25) is 0 Å². The smallest absolute Gasteiger partial charge is 0.119 e. The normalized spacial score (nSPS) is 15.6. The van der Waals surface area contributed by atoms with Gasteiger partial charge in [-0.2, -0.15) is 0 Å². The quantitative estimate of drug-likeness (QED) is 0.792. The highest BCUT2D eigenvalue weighted by atomic mass is 16.5. The predicted molar refractivity (Wildman–Crippen MR) is 57.3 cm³/mol. The molecule has 0 aromatic heterocycles. The lowest BCUT2D eigenvalue weighted by Gasteiger charge is -2.08. The van der Waals surface area contributed by atoms with Gasteiger partial charge in [0, 0.05) is 6.54 Å². The van der Waals surface area contributed by atoms with Crippen LogP contribution in [0.25, 0.3) is 0 Å². The zero-order valence-corrected chi connectivity index (χ0v) is 8.62. The summed E-state index contributed by atoms with van der Waals surface area (Å²) in [6.45, 7) is 3.56. The lowest BCUT2D eigenvalue weighted by Crippen LogP contribution is -2.02. The largest absolute Gasteiger partial charge is 0.493 e. The maximum Gasteiger partial charge on any atom is 0.119 e. The summed E-state index contributed by atoms with van der Waals surface area (Å²) in [4.78, 5) is 0. The molecule has 0 saturated heterocycles. The topological polar surface area (TPSA) is 35.2 Å². The third-order valence-corrected chi connectivity index (χ3v) is 2.72. The van der Waals surface area contributed by atoms with Crippen LogP contribution in [0.3, 0.4) is 0 Å². The Morgan fingerprint density at radius 3 is 2.79 bits per heavy atom. The molecule has 0 heterocycles. The summed E-state index contributed by atoms with van der Waals surface area (Å²) in [5.41, 5.74) is 8.01. The van der Waals surface area contributed by atoms with E-state index in [1.54, 1.807) is 0 Å². The Bertz CT molecular complexity index is 318. The number of ether oxygens (including phenoxy) is 1. The summed E-state index contributed by atoms with van der Waals surface area (Å²) < 4.78 is 5.67. The minimum absolute atomic E-state index is 0.606. The number of aryl methyl sites for hydroxylation is 1. The SMILES string of the molecule is Cc1cc(OCC2CC2)ccc1CN. The molecule has 1 aliphatic carbocycles. The number of hydrogen-bond acceptors (Lipinski definition) is 2. The minimum atomic E-state index is 0.606. The zero-order chi connectivity index (χ0) is 9.97. The highest BCUT2D eigenvalue weighted by Crippen LogP contribution is 2.29. The van der Waals surface area contributed by atoms with Gasteiger partial charge in [-0.1, -0.05) is 6.07 Å². The number of rotatable bonds is 4. The van der Waals surface area contributed by atoms with Crippen molar-refractivity contribution >= 4 is 0 Å². The summed E-state index contributed by atoms with van der Waals surface area (Å²) in [6.07, 6.45) is 2.67.